The van der Waals surface area contributed by atoms with Crippen LogP contribution in [0.15, 0.2) is 0 Å². The molecule has 192 valence electrons. The molecule has 0 heterocycles. The first kappa shape index (κ1) is 26.9. The smallest absolute Gasteiger partial charge is 0.157 e. The van der Waals surface area contributed by atoms with E-state index in [1.165, 1.54) is 0 Å². The lowest BCUT2D eigenvalue weighted by Crippen LogP contribution is -2.36. The van der Waals surface area contributed by atoms with Crippen molar-refractivity contribution >= 4 is 24.1 Å². The highest BCUT2D eigenvalue weighted by molar-refractivity contribution is 5.95. The van der Waals surface area contributed by atoms with Gasteiger partial charge >= 0.3 is 0 Å². The van der Waals surface area contributed by atoms with Gasteiger partial charge in [0.1, 0.15) is 28.8 Å². The van der Waals surface area contributed by atoms with Crippen molar-refractivity contribution in [3.05, 3.63) is 16.7 Å². The van der Waals surface area contributed by atoms with Gasteiger partial charge in [0.2, 0.25) is 0 Å². The molecule has 0 saturated heterocycles. The molecule has 35 heavy (non-hydrogen) atoms. The van der Waals surface area contributed by atoms with E-state index in [4.69, 9.17) is 0 Å². The number of carbonyl (C=O) groups excluding carboxylic acids is 4. The number of Topliss-reactive ketones (excluding diaryl/α,β-unsaturated/α-hetero) is 2. The molecular formula is C28H38O7. The fourth-order valence-corrected chi connectivity index (χ4v) is 6.94. The summed E-state index contributed by atoms with van der Waals surface area (Å²) in [5.41, 5.74) is -1.64. The second kappa shape index (κ2) is 9.40. The highest BCUT2D eigenvalue weighted by Gasteiger charge is 2.67. The van der Waals surface area contributed by atoms with E-state index >= 15 is 0 Å². The average molecular weight is 487 g/mol. The Morgan fingerprint density at radius 1 is 1.03 bits per heavy atom. The first-order chi connectivity index (χ1) is 16.2. The Kier molecular flexibility index (Phi) is 7.22. The number of hydrogen-bond acceptors (Lipinski definition) is 7. The summed E-state index contributed by atoms with van der Waals surface area (Å²) in [6, 6.07) is 0. The normalized spacial score (nSPS) is 28.2. The molecule has 2 fully saturated rings. The Balaban J connectivity index is 2.18. The first-order valence-corrected chi connectivity index (χ1v) is 12.5. The van der Waals surface area contributed by atoms with Gasteiger partial charge in [-0.3, -0.25) is 14.4 Å². The molecule has 0 amide bonds. The lowest BCUT2D eigenvalue weighted by Gasteiger charge is -2.41. The van der Waals surface area contributed by atoms with E-state index in [-0.39, 0.29) is 58.8 Å². The van der Waals surface area contributed by atoms with Crippen molar-refractivity contribution in [2.45, 2.75) is 79.6 Å². The molecular weight excluding hydrogens is 448 g/mol. The molecule has 0 aliphatic heterocycles. The monoisotopic (exact) mass is 486 g/mol. The van der Waals surface area contributed by atoms with Crippen molar-refractivity contribution in [3.8, 4) is 17.2 Å². The van der Waals surface area contributed by atoms with E-state index in [9.17, 15) is 34.5 Å². The Bertz CT molecular complexity index is 1020. The van der Waals surface area contributed by atoms with E-state index in [1.54, 1.807) is 6.92 Å². The number of aldehydes is 2. The Morgan fingerprint density at radius 3 is 2.03 bits per heavy atom. The molecule has 0 aromatic heterocycles. The third-order valence-corrected chi connectivity index (χ3v) is 8.89. The fraction of sp³-hybridized carbons (Fsp3) is 0.643. The molecule has 0 bridgehead atoms. The number of phenolic OH excluding ortho intramolecular Hbond substituents is 3. The number of ketones is 2. The van der Waals surface area contributed by atoms with Crippen LogP contribution < -0.4 is 0 Å². The number of phenols is 3. The highest BCUT2D eigenvalue weighted by atomic mass is 16.3. The van der Waals surface area contributed by atoms with Gasteiger partial charge in [0, 0.05) is 24.3 Å². The van der Waals surface area contributed by atoms with E-state index in [2.05, 4.69) is 13.8 Å². The fourth-order valence-electron chi connectivity index (χ4n) is 6.94. The van der Waals surface area contributed by atoms with Gasteiger partial charge in [0.25, 0.3) is 0 Å². The molecule has 2 aliphatic rings. The number of benzene rings is 1. The largest absolute Gasteiger partial charge is 0.507 e. The van der Waals surface area contributed by atoms with Gasteiger partial charge < -0.3 is 20.1 Å². The van der Waals surface area contributed by atoms with Gasteiger partial charge in [-0.1, -0.05) is 34.6 Å². The number of aromatic hydroxyl groups is 3. The Labute approximate surface area is 206 Å². The van der Waals surface area contributed by atoms with Crippen LogP contribution in [0.5, 0.6) is 17.2 Å². The van der Waals surface area contributed by atoms with E-state index in [0.29, 0.717) is 32.1 Å². The summed E-state index contributed by atoms with van der Waals surface area (Å²) < 4.78 is 0. The quantitative estimate of drug-likeness (QED) is 0.388. The Morgan fingerprint density at radius 2 is 1.57 bits per heavy atom. The summed E-state index contributed by atoms with van der Waals surface area (Å²) in [4.78, 5) is 48.5. The van der Waals surface area contributed by atoms with Gasteiger partial charge in [-0.25, -0.2) is 0 Å². The molecule has 2 saturated carbocycles. The van der Waals surface area contributed by atoms with Gasteiger partial charge in [-0.15, -0.1) is 0 Å². The number of hydrogen-bond donors (Lipinski definition) is 3. The van der Waals surface area contributed by atoms with Gasteiger partial charge in [0.15, 0.2) is 12.6 Å². The molecule has 1 aromatic carbocycles. The van der Waals surface area contributed by atoms with Crippen LogP contribution in [-0.4, -0.2) is 39.5 Å². The predicted octanol–water partition coefficient (Wildman–Crippen LogP) is 5.18. The maximum absolute atomic E-state index is 13.4. The van der Waals surface area contributed by atoms with Crippen LogP contribution in [0.4, 0.5) is 0 Å². The predicted molar refractivity (Wildman–Crippen MR) is 131 cm³/mol. The van der Waals surface area contributed by atoms with Gasteiger partial charge in [-0.05, 0) is 60.7 Å². The standard InChI is InChI=1S/C28H38O7/c1-14(2)11-19(21-25(34)16(12-29)24(33)17(13-30)26(21)35)28(6)10-9-20(32)23(28)22-18(27(22,4)5)8-7-15(3)31/h12-14,18-19,22-23,33-35H,7-11H2,1-6H3/t18?,19-,22?,23?,28?/m1/s1. The molecule has 4 unspecified atom stereocenters. The Hall–Kier alpha value is -2.70. The summed E-state index contributed by atoms with van der Waals surface area (Å²) in [7, 11) is 0. The van der Waals surface area contributed by atoms with Crippen LogP contribution in [0.1, 0.15) is 106 Å². The van der Waals surface area contributed by atoms with E-state index < -0.39 is 39.7 Å². The summed E-state index contributed by atoms with van der Waals surface area (Å²) in [5, 5.41) is 32.4. The zero-order chi connectivity index (χ0) is 26.5. The minimum atomic E-state index is -0.756. The topological polar surface area (TPSA) is 129 Å². The van der Waals surface area contributed by atoms with Crippen LogP contribution >= 0.6 is 0 Å². The third kappa shape index (κ3) is 4.38. The zero-order valence-electron chi connectivity index (χ0n) is 21.6. The molecule has 5 atom stereocenters. The van der Waals surface area contributed by atoms with Gasteiger partial charge in [-0.2, -0.15) is 0 Å². The average Bonchev–Trinajstić information content (AvgIpc) is 3.14. The van der Waals surface area contributed by atoms with Crippen molar-refractivity contribution in [1.29, 1.82) is 0 Å². The first-order valence-electron chi connectivity index (χ1n) is 12.5. The van der Waals surface area contributed by atoms with Crippen LogP contribution in [0.2, 0.25) is 0 Å². The van der Waals surface area contributed by atoms with E-state index in [1.807, 2.05) is 20.8 Å². The molecule has 7 nitrogen and oxygen atoms in total. The van der Waals surface area contributed by atoms with Gasteiger partial charge in [0.05, 0.1) is 11.1 Å². The maximum Gasteiger partial charge on any atom is 0.157 e. The van der Waals surface area contributed by atoms with Crippen molar-refractivity contribution in [1.82, 2.24) is 0 Å². The molecule has 7 heteroatoms. The zero-order valence-corrected chi connectivity index (χ0v) is 21.6. The van der Waals surface area contributed by atoms with Crippen LogP contribution in [0, 0.1) is 34.5 Å². The number of rotatable bonds is 10. The van der Waals surface area contributed by atoms with E-state index in [0.717, 1.165) is 0 Å². The molecule has 0 radical (unpaired) electrons. The van der Waals surface area contributed by atoms with Crippen LogP contribution in [-0.2, 0) is 9.59 Å². The van der Waals surface area contributed by atoms with Crippen molar-refractivity contribution in [3.63, 3.8) is 0 Å². The molecule has 1 aromatic rings. The minimum absolute atomic E-state index is 0.0432. The second-order valence-electron chi connectivity index (χ2n) is 11.8. The SMILES string of the molecule is CC(=O)CCC1C(C2C(=O)CCC2(C)[C@H](CC(C)C)c2c(O)c(C=O)c(O)c(C=O)c2O)C1(C)C. The lowest BCUT2D eigenvalue weighted by atomic mass is 9.62. The summed E-state index contributed by atoms with van der Waals surface area (Å²) in [6.45, 7) is 11.8. The minimum Gasteiger partial charge on any atom is -0.507 e. The van der Waals surface area contributed by atoms with Crippen LogP contribution in [0.3, 0.4) is 0 Å². The third-order valence-electron chi connectivity index (χ3n) is 8.89. The van der Waals surface area contributed by atoms with Crippen molar-refractivity contribution in [2.24, 2.45) is 34.5 Å². The lowest BCUT2D eigenvalue weighted by molar-refractivity contribution is -0.123. The van der Waals surface area contributed by atoms with Crippen molar-refractivity contribution < 1.29 is 34.5 Å². The summed E-state index contributed by atoms with van der Waals surface area (Å²) in [6.07, 6.45) is 3.11. The van der Waals surface area contributed by atoms with Crippen LogP contribution in [0.25, 0.3) is 0 Å². The van der Waals surface area contributed by atoms with Crippen molar-refractivity contribution in [2.75, 3.05) is 0 Å². The summed E-state index contributed by atoms with van der Waals surface area (Å²) >= 11 is 0. The highest BCUT2D eigenvalue weighted by Crippen LogP contribution is 2.71. The number of carbonyl (C=O) groups is 4. The second-order valence-corrected chi connectivity index (χ2v) is 11.8. The molecule has 3 rings (SSSR count). The maximum atomic E-state index is 13.4. The molecule has 0 spiro atoms. The molecule has 2 aliphatic carbocycles. The molecule has 3 N–H and O–H groups in total. The summed E-state index contributed by atoms with van der Waals surface area (Å²) in [5.74, 6) is -2.13.